The Labute approximate surface area is 134 Å². The van der Waals surface area contributed by atoms with Gasteiger partial charge in [-0.15, -0.1) is 0 Å². The topological polar surface area (TPSA) is 26.0 Å². The summed E-state index contributed by atoms with van der Waals surface area (Å²) in [5, 5.41) is 3.68. The Morgan fingerprint density at radius 1 is 0.810 bits per heavy atom. The molecule has 1 nitrogen and oxygen atoms in total. The van der Waals surface area contributed by atoms with Crippen LogP contribution in [0.5, 0.6) is 0 Å². The molecule has 0 aliphatic carbocycles. The van der Waals surface area contributed by atoms with Crippen LogP contribution in [0.2, 0.25) is 10.0 Å². The smallest absolute Gasteiger partial charge is 0.0468 e. The molecule has 0 saturated carbocycles. The number of benzene rings is 3. The Morgan fingerprint density at radius 3 is 2.19 bits per heavy atom. The lowest BCUT2D eigenvalue weighted by Crippen LogP contribution is -2.14. The maximum absolute atomic E-state index is 6.30. The van der Waals surface area contributed by atoms with Crippen LogP contribution in [-0.2, 0) is 6.42 Å². The van der Waals surface area contributed by atoms with Crippen molar-refractivity contribution in [1.29, 1.82) is 0 Å². The third-order valence-corrected chi connectivity index (χ3v) is 4.30. The van der Waals surface area contributed by atoms with Crippen LogP contribution in [-0.4, -0.2) is 0 Å². The van der Waals surface area contributed by atoms with Crippen LogP contribution in [0.3, 0.4) is 0 Å². The summed E-state index contributed by atoms with van der Waals surface area (Å²) in [4.78, 5) is 0. The lowest BCUT2D eigenvalue weighted by atomic mass is 9.97. The first-order valence-corrected chi connectivity index (χ1v) is 7.58. The second kappa shape index (κ2) is 6.07. The van der Waals surface area contributed by atoms with Gasteiger partial charge < -0.3 is 5.73 Å². The van der Waals surface area contributed by atoms with Gasteiger partial charge in [-0.05, 0) is 34.9 Å². The molecule has 2 N–H and O–H groups in total. The molecule has 0 radical (unpaired) electrons. The SMILES string of the molecule is NC(Cc1ccc2ccccc2c1)c1c(Cl)cccc1Cl. The van der Waals surface area contributed by atoms with E-state index in [1.165, 1.54) is 16.3 Å². The quantitative estimate of drug-likeness (QED) is 0.689. The van der Waals surface area contributed by atoms with E-state index in [0.717, 1.165) is 5.56 Å². The summed E-state index contributed by atoms with van der Waals surface area (Å²) in [6, 6.07) is 19.9. The van der Waals surface area contributed by atoms with E-state index in [4.69, 9.17) is 28.9 Å². The van der Waals surface area contributed by atoms with Crippen molar-refractivity contribution in [1.82, 2.24) is 0 Å². The molecule has 21 heavy (non-hydrogen) atoms. The zero-order valence-electron chi connectivity index (χ0n) is 11.4. The van der Waals surface area contributed by atoms with E-state index in [9.17, 15) is 0 Å². The summed E-state index contributed by atoms with van der Waals surface area (Å²) in [5.74, 6) is 0. The molecule has 3 aromatic rings. The number of nitrogens with two attached hydrogens (primary N) is 1. The molecule has 0 spiro atoms. The van der Waals surface area contributed by atoms with Gasteiger partial charge in [-0.1, -0.05) is 71.7 Å². The first-order chi connectivity index (χ1) is 10.1. The molecule has 0 saturated heterocycles. The zero-order chi connectivity index (χ0) is 14.8. The number of rotatable bonds is 3. The van der Waals surface area contributed by atoms with Crippen LogP contribution < -0.4 is 5.73 Å². The van der Waals surface area contributed by atoms with Gasteiger partial charge in [-0.3, -0.25) is 0 Å². The molecule has 0 heterocycles. The Balaban J connectivity index is 1.91. The number of fused-ring (bicyclic) bond motifs is 1. The third-order valence-electron chi connectivity index (χ3n) is 3.64. The minimum atomic E-state index is -0.215. The van der Waals surface area contributed by atoms with Crippen molar-refractivity contribution < 1.29 is 0 Å². The zero-order valence-corrected chi connectivity index (χ0v) is 12.9. The minimum absolute atomic E-state index is 0.215. The molecule has 0 amide bonds. The van der Waals surface area contributed by atoms with Crippen molar-refractivity contribution in [2.24, 2.45) is 5.73 Å². The van der Waals surface area contributed by atoms with Gasteiger partial charge in [-0.2, -0.15) is 0 Å². The second-order valence-electron chi connectivity index (χ2n) is 5.13. The summed E-state index contributed by atoms with van der Waals surface area (Å²) in [7, 11) is 0. The highest BCUT2D eigenvalue weighted by atomic mass is 35.5. The van der Waals surface area contributed by atoms with Gasteiger partial charge in [0.15, 0.2) is 0 Å². The van der Waals surface area contributed by atoms with Crippen molar-refractivity contribution in [3.8, 4) is 0 Å². The Morgan fingerprint density at radius 2 is 1.48 bits per heavy atom. The molecular weight excluding hydrogens is 301 g/mol. The normalized spacial score (nSPS) is 12.5. The molecule has 106 valence electrons. The summed E-state index contributed by atoms with van der Waals surface area (Å²) in [6.07, 6.45) is 0.703. The standard InChI is InChI=1S/C18H15Cl2N/c19-15-6-3-7-16(20)18(15)17(21)11-12-8-9-13-4-1-2-5-14(13)10-12/h1-10,17H,11,21H2. The van der Waals surface area contributed by atoms with Crippen LogP contribution in [0.15, 0.2) is 60.7 Å². The van der Waals surface area contributed by atoms with Gasteiger partial charge in [0.05, 0.1) is 0 Å². The van der Waals surface area contributed by atoms with Gasteiger partial charge in [-0.25, -0.2) is 0 Å². The number of hydrogen-bond donors (Lipinski definition) is 1. The maximum Gasteiger partial charge on any atom is 0.0468 e. The summed E-state index contributed by atoms with van der Waals surface area (Å²) in [6.45, 7) is 0. The highest BCUT2D eigenvalue weighted by molar-refractivity contribution is 6.36. The van der Waals surface area contributed by atoms with Crippen LogP contribution in [0.4, 0.5) is 0 Å². The van der Waals surface area contributed by atoms with Gasteiger partial charge in [0.25, 0.3) is 0 Å². The Kier molecular flexibility index (Phi) is 4.16. The lowest BCUT2D eigenvalue weighted by Gasteiger charge is -2.16. The molecule has 3 heteroatoms. The van der Waals surface area contributed by atoms with Gasteiger partial charge in [0, 0.05) is 21.7 Å². The first kappa shape index (κ1) is 14.4. The maximum atomic E-state index is 6.30. The molecule has 3 aromatic carbocycles. The largest absolute Gasteiger partial charge is 0.324 e. The van der Waals surface area contributed by atoms with Crippen LogP contribution >= 0.6 is 23.2 Å². The Bertz CT molecular complexity index is 763. The van der Waals surface area contributed by atoms with E-state index in [1.807, 2.05) is 30.3 Å². The van der Waals surface area contributed by atoms with Crippen molar-refractivity contribution in [3.05, 3.63) is 81.8 Å². The summed E-state index contributed by atoms with van der Waals surface area (Å²) >= 11 is 12.4. The van der Waals surface area contributed by atoms with E-state index in [2.05, 4.69) is 30.3 Å². The van der Waals surface area contributed by atoms with Gasteiger partial charge >= 0.3 is 0 Å². The van der Waals surface area contributed by atoms with Gasteiger partial charge in [0.1, 0.15) is 0 Å². The average Bonchev–Trinajstić information content (AvgIpc) is 2.47. The fourth-order valence-corrected chi connectivity index (χ4v) is 3.26. The molecule has 0 bridgehead atoms. The average molecular weight is 316 g/mol. The second-order valence-corrected chi connectivity index (χ2v) is 5.94. The van der Waals surface area contributed by atoms with E-state index >= 15 is 0 Å². The van der Waals surface area contributed by atoms with Crippen molar-refractivity contribution >= 4 is 34.0 Å². The molecule has 1 atom stereocenters. The molecule has 0 aliphatic rings. The van der Waals surface area contributed by atoms with E-state index in [-0.39, 0.29) is 6.04 Å². The van der Waals surface area contributed by atoms with Crippen molar-refractivity contribution in [2.75, 3.05) is 0 Å². The molecule has 0 fully saturated rings. The molecular formula is C18H15Cl2N. The fourth-order valence-electron chi connectivity index (χ4n) is 2.59. The molecule has 0 aromatic heterocycles. The van der Waals surface area contributed by atoms with Crippen molar-refractivity contribution in [3.63, 3.8) is 0 Å². The molecule has 0 aliphatic heterocycles. The van der Waals surface area contributed by atoms with E-state index < -0.39 is 0 Å². The van der Waals surface area contributed by atoms with Gasteiger partial charge in [0.2, 0.25) is 0 Å². The monoisotopic (exact) mass is 315 g/mol. The highest BCUT2D eigenvalue weighted by Crippen LogP contribution is 2.31. The van der Waals surface area contributed by atoms with Crippen LogP contribution in [0, 0.1) is 0 Å². The first-order valence-electron chi connectivity index (χ1n) is 6.82. The highest BCUT2D eigenvalue weighted by Gasteiger charge is 2.14. The number of halogens is 2. The van der Waals surface area contributed by atoms with Crippen LogP contribution in [0.1, 0.15) is 17.2 Å². The molecule has 3 rings (SSSR count). The van der Waals surface area contributed by atoms with Crippen LogP contribution in [0.25, 0.3) is 10.8 Å². The van der Waals surface area contributed by atoms with E-state index in [0.29, 0.717) is 16.5 Å². The number of hydrogen-bond acceptors (Lipinski definition) is 1. The molecule has 1 unspecified atom stereocenters. The Hall–Kier alpha value is -1.54. The fraction of sp³-hybridized carbons (Fsp3) is 0.111. The summed E-state index contributed by atoms with van der Waals surface area (Å²) < 4.78 is 0. The summed E-state index contributed by atoms with van der Waals surface area (Å²) in [5.41, 5.74) is 8.30. The minimum Gasteiger partial charge on any atom is -0.324 e. The van der Waals surface area contributed by atoms with E-state index in [1.54, 1.807) is 0 Å². The third kappa shape index (κ3) is 3.06. The predicted molar refractivity (Wildman–Crippen MR) is 91.0 cm³/mol. The lowest BCUT2D eigenvalue weighted by molar-refractivity contribution is 0.723. The predicted octanol–water partition coefficient (Wildman–Crippen LogP) is 5.39. The van der Waals surface area contributed by atoms with Crippen molar-refractivity contribution in [2.45, 2.75) is 12.5 Å².